The molecule has 0 N–H and O–H groups in total. The predicted molar refractivity (Wildman–Crippen MR) is 273 cm³/mol. The van der Waals surface area contributed by atoms with E-state index in [2.05, 4.69) is 0 Å². The maximum atomic E-state index is 14.9. The molecule has 2 nitrogen and oxygen atoms in total. The van der Waals surface area contributed by atoms with Crippen molar-refractivity contribution in [2.45, 2.75) is 40.0 Å². The molecule has 0 bridgehead atoms. The zero-order valence-corrected chi connectivity index (χ0v) is 43.7. The van der Waals surface area contributed by atoms with E-state index in [-0.39, 0.29) is 0 Å². The number of allylic oxidation sites excluding steroid dienone is 2. The fraction of sp³-hybridized carbons (Fsp3) is 0.115. The molecule has 7 aromatic heterocycles. The van der Waals surface area contributed by atoms with E-state index in [0.29, 0.717) is 20.9 Å². The fourth-order valence-corrected chi connectivity index (χ4v) is 16.0. The summed E-state index contributed by atoms with van der Waals surface area (Å²) in [6.07, 6.45) is -9.49. The van der Waals surface area contributed by atoms with Gasteiger partial charge in [-0.1, -0.05) is 0 Å². The Kier molecular flexibility index (Phi) is 14.4. The van der Waals surface area contributed by atoms with E-state index in [4.69, 9.17) is 0 Å². The van der Waals surface area contributed by atoms with Crippen LogP contribution < -0.4 is 0 Å². The lowest BCUT2D eigenvalue weighted by Crippen LogP contribution is -2.16. The van der Waals surface area contributed by atoms with Crippen LogP contribution in [0.4, 0.5) is 61.5 Å². The Morgan fingerprint density at radius 1 is 0.360 bits per heavy atom. The Balaban J connectivity index is 0.917. The van der Waals surface area contributed by atoms with Crippen molar-refractivity contribution in [1.29, 1.82) is 10.5 Å². The molecule has 0 unspecified atom stereocenters. The Hall–Kier alpha value is -6.18. The van der Waals surface area contributed by atoms with Gasteiger partial charge in [-0.3, -0.25) is 0 Å². The number of alkyl halides is 6. The van der Waals surface area contributed by atoms with E-state index in [1.165, 1.54) is 34.8 Å². The Labute approximate surface area is 443 Å². The molecule has 0 spiro atoms. The van der Waals surface area contributed by atoms with Gasteiger partial charge in [0.05, 0.1) is 22.3 Å². The van der Waals surface area contributed by atoms with Crippen LogP contribution in [0.25, 0.3) is 81.8 Å². The summed E-state index contributed by atoms with van der Waals surface area (Å²) in [6.45, 7) is 6.88. The van der Waals surface area contributed by atoms with Crippen LogP contribution in [0.3, 0.4) is 0 Å². The summed E-state index contributed by atoms with van der Waals surface area (Å²) in [7, 11) is 0. The van der Waals surface area contributed by atoms with Gasteiger partial charge in [0.15, 0.2) is 46.5 Å². The van der Waals surface area contributed by atoms with Gasteiger partial charge in [-0.05, 0) is 123 Å². The average molecular weight is 1170 g/mol. The van der Waals surface area contributed by atoms with E-state index in [1.54, 1.807) is 61.7 Å². The van der Waals surface area contributed by atoms with Crippen molar-refractivity contribution in [3.05, 3.63) is 161 Å². The molecule has 0 saturated heterocycles. The minimum atomic E-state index is -5.74. The zero-order chi connectivity index (χ0) is 54.3. The topological polar surface area (TPSA) is 47.6 Å². The van der Waals surface area contributed by atoms with Gasteiger partial charge in [-0.15, -0.1) is 79.4 Å². The monoisotopic (exact) mass is 1170 g/mol. The molecule has 23 heteroatoms. The summed E-state index contributed by atoms with van der Waals surface area (Å²) in [5, 5.41) is 19.5. The SMILES string of the molecule is Cc1c(/C=C(\C#N)c2c(F)c(F)c(C(F)(F)F)c(F)c2F)sc(-c2ccc(-c3ccc(-c4ccc(-c5ccc(-c6ccc(-c7sc(/C=C(\C#N)c8c(F)c(F)c(C(F)(F)F)c(F)c8F)c(C)c7C)s6)s5)s4)s3)s2)c1C. The number of halogens is 14. The van der Waals surface area contributed by atoms with Crippen LogP contribution in [0.5, 0.6) is 0 Å². The highest BCUT2D eigenvalue weighted by Crippen LogP contribution is 2.50. The number of rotatable bonds is 10. The quantitative estimate of drug-likeness (QED) is 0.0778. The van der Waals surface area contributed by atoms with Gasteiger partial charge < -0.3 is 0 Å². The molecular weight excluding hydrogens is 1140 g/mol. The molecule has 2 aromatic carbocycles. The highest BCUT2D eigenvalue weighted by molar-refractivity contribution is 7.31. The standard InChI is InChI=1S/C52H24F14N2S7/c1-19-21(3)49(74-35(19)15-23(17-67)37-41(53)45(57)39(51(61,62)63)46(58)42(37)54)33-13-11-31(72-33)29-9-7-27(70-29)25-5-6-26(69-25)28-8-10-30(71-28)32-12-14-34(73-32)50-22(4)20(2)36(75-50)16-24(18-68)38-43(55)47(59)40(52(64,65)66)48(60)44(38)56/h5-16H,1-4H3/b23-15+,24-16+. The van der Waals surface area contributed by atoms with Crippen molar-refractivity contribution < 1.29 is 61.5 Å². The van der Waals surface area contributed by atoms with Gasteiger partial charge in [0.25, 0.3) is 0 Å². The number of nitrogens with zero attached hydrogens (tertiary/aromatic N) is 2. The number of nitriles is 2. The van der Waals surface area contributed by atoms with E-state index in [9.17, 15) is 72.0 Å². The Morgan fingerprint density at radius 3 is 0.813 bits per heavy atom. The van der Waals surface area contributed by atoms with Gasteiger partial charge in [0, 0.05) is 68.3 Å². The van der Waals surface area contributed by atoms with Crippen molar-refractivity contribution >= 4 is 103 Å². The van der Waals surface area contributed by atoms with Gasteiger partial charge in [0.1, 0.15) is 23.3 Å². The molecular formula is C52H24F14N2S7. The second-order valence-electron chi connectivity index (χ2n) is 16.3. The summed E-state index contributed by atoms with van der Waals surface area (Å²) in [4.78, 5) is 11.4. The smallest absolute Gasteiger partial charge is 0.203 e. The molecule has 0 fully saturated rings. The van der Waals surface area contributed by atoms with Crippen molar-refractivity contribution in [2.24, 2.45) is 0 Å². The first-order chi connectivity index (χ1) is 35.3. The lowest BCUT2D eigenvalue weighted by molar-refractivity contribution is -0.144. The average Bonchev–Trinajstić information content (AvgIpc) is 4.22. The van der Waals surface area contributed by atoms with Gasteiger partial charge in [-0.2, -0.15) is 36.9 Å². The van der Waals surface area contributed by atoms with E-state index in [0.717, 1.165) is 104 Å². The molecule has 0 amide bonds. The van der Waals surface area contributed by atoms with Crippen LogP contribution in [-0.2, 0) is 12.4 Å². The van der Waals surface area contributed by atoms with E-state index >= 15 is 0 Å². The van der Waals surface area contributed by atoms with Crippen molar-refractivity contribution in [1.82, 2.24) is 0 Å². The third-order valence-corrected chi connectivity index (χ3v) is 21.1. The van der Waals surface area contributed by atoms with Crippen molar-refractivity contribution in [3.8, 4) is 70.7 Å². The summed E-state index contributed by atoms with van der Waals surface area (Å²) >= 11 is 9.87. The van der Waals surface area contributed by atoms with Gasteiger partial charge in [-0.25, -0.2) is 35.1 Å². The van der Waals surface area contributed by atoms with Gasteiger partial charge >= 0.3 is 12.4 Å². The molecule has 7 heterocycles. The zero-order valence-electron chi connectivity index (χ0n) is 38.0. The normalized spacial score (nSPS) is 12.5. The number of thiophene rings is 7. The third-order valence-electron chi connectivity index (χ3n) is 11.8. The molecule has 382 valence electrons. The minimum absolute atomic E-state index is 0.296. The van der Waals surface area contributed by atoms with Crippen LogP contribution in [0.15, 0.2) is 60.7 Å². The molecule has 0 atom stereocenters. The minimum Gasteiger partial charge on any atom is -0.203 e. The van der Waals surface area contributed by atoms with Gasteiger partial charge in [0.2, 0.25) is 0 Å². The highest BCUT2D eigenvalue weighted by atomic mass is 32.1. The first-order valence-corrected chi connectivity index (χ1v) is 26.9. The maximum absolute atomic E-state index is 14.9. The molecule has 0 radical (unpaired) electrons. The fourth-order valence-electron chi connectivity index (χ4n) is 7.79. The third kappa shape index (κ3) is 9.61. The molecule has 0 aliphatic rings. The molecule has 0 aliphatic carbocycles. The summed E-state index contributed by atoms with van der Waals surface area (Å²) in [5.74, 6) is -20.0. The van der Waals surface area contributed by atoms with Crippen LogP contribution in [0.2, 0.25) is 0 Å². The van der Waals surface area contributed by atoms with Crippen LogP contribution in [-0.4, -0.2) is 0 Å². The lowest BCUT2D eigenvalue weighted by atomic mass is 10.00. The number of benzene rings is 2. The largest absolute Gasteiger partial charge is 0.422 e. The van der Waals surface area contributed by atoms with E-state index < -0.39 is 92.3 Å². The number of hydrogen-bond donors (Lipinski definition) is 0. The molecule has 0 aliphatic heterocycles. The Morgan fingerprint density at radius 2 is 0.587 bits per heavy atom. The first kappa shape index (κ1) is 53.6. The number of hydrogen-bond acceptors (Lipinski definition) is 9. The van der Waals surface area contributed by atoms with Crippen LogP contribution in [0, 0.1) is 96.9 Å². The molecule has 9 rings (SSSR count). The summed E-state index contributed by atoms with van der Waals surface area (Å²) < 4.78 is 197. The molecule has 75 heavy (non-hydrogen) atoms. The second kappa shape index (κ2) is 20.1. The summed E-state index contributed by atoms with van der Waals surface area (Å²) in [6, 6.07) is 22.5. The lowest BCUT2D eigenvalue weighted by Gasteiger charge is -2.13. The highest BCUT2D eigenvalue weighted by Gasteiger charge is 2.44. The molecule has 9 aromatic rings. The van der Waals surface area contributed by atoms with Crippen molar-refractivity contribution in [3.63, 3.8) is 0 Å². The second-order valence-corrected chi connectivity index (χ2v) is 23.8. The Bertz CT molecular complexity index is 3630. The van der Waals surface area contributed by atoms with Crippen molar-refractivity contribution in [2.75, 3.05) is 0 Å². The maximum Gasteiger partial charge on any atom is 0.422 e. The van der Waals surface area contributed by atoms with Crippen LogP contribution >= 0.6 is 79.4 Å². The van der Waals surface area contributed by atoms with E-state index in [1.807, 2.05) is 60.7 Å². The molecule has 0 saturated carbocycles. The summed E-state index contributed by atoms with van der Waals surface area (Å²) in [5.41, 5.74) is -7.76. The predicted octanol–water partition coefficient (Wildman–Crippen LogP) is 20.6. The first-order valence-electron chi connectivity index (χ1n) is 21.2. The van der Waals surface area contributed by atoms with Crippen LogP contribution in [0.1, 0.15) is 54.3 Å².